The molecule has 0 aromatic heterocycles. The molecule has 0 radical (unpaired) electrons. The molecule has 3 N–H and O–H groups in total. The van der Waals surface area contributed by atoms with Crippen molar-refractivity contribution < 1.29 is 32.8 Å². The van der Waals surface area contributed by atoms with Gasteiger partial charge in [-0.25, -0.2) is 0 Å². The number of hydrogen-bond donors (Lipinski definition) is 3. The van der Waals surface area contributed by atoms with Gasteiger partial charge >= 0.3 is 11.9 Å². The summed E-state index contributed by atoms with van der Waals surface area (Å²) in [5, 5.41) is 15.8. The molecule has 0 heterocycles. The van der Waals surface area contributed by atoms with Gasteiger partial charge in [-0.2, -0.15) is 8.42 Å². The largest absolute Gasteiger partial charge is 0.481 e. The maximum Gasteiger partial charge on any atom is 0.303 e. The molecule has 0 spiro atoms. The summed E-state index contributed by atoms with van der Waals surface area (Å²) >= 11 is 0. The molecule has 0 aromatic carbocycles. The van der Waals surface area contributed by atoms with Crippen LogP contribution in [0.1, 0.15) is 58.3 Å². The van der Waals surface area contributed by atoms with E-state index in [4.69, 9.17) is 14.8 Å². The Morgan fingerprint density at radius 1 is 0.850 bits per heavy atom. The third kappa shape index (κ3) is 25.6. The van der Waals surface area contributed by atoms with E-state index in [0.717, 1.165) is 12.8 Å². The fourth-order valence-electron chi connectivity index (χ4n) is 1.28. The van der Waals surface area contributed by atoms with Crippen LogP contribution < -0.4 is 0 Å². The zero-order valence-electron chi connectivity index (χ0n) is 11.7. The van der Waals surface area contributed by atoms with E-state index < -0.39 is 22.1 Å². The Labute approximate surface area is 119 Å². The summed E-state index contributed by atoms with van der Waals surface area (Å²) in [5.74, 6) is -2.24. The molecule has 120 valence electrons. The maximum absolute atomic E-state index is 10.3. The molecule has 8 heteroatoms. The Hall–Kier alpha value is -1.15. The van der Waals surface area contributed by atoms with E-state index in [1.165, 1.54) is 19.3 Å². The lowest BCUT2D eigenvalue weighted by Crippen LogP contribution is -2.03. The van der Waals surface area contributed by atoms with E-state index in [-0.39, 0.29) is 18.6 Å². The van der Waals surface area contributed by atoms with Crippen molar-refractivity contribution in [3.05, 3.63) is 0 Å². The van der Waals surface area contributed by atoms with E-state index in [9.17, 15) is 18.0 Å². The molecule has 0 aliphatic rings. The van der Waals surface area contributed by atoms with E-state index >= 15 is 0 Å². The second-order valence-electron chi connectivity index (χ2n) is 4.34. The molecule has 0 fully saturated rings. The highest BCUT2D eigenvalue weighted by molar-refractivity contribution is 7.85. The van der Waals surface area contributed by atoms with Crippen LogP contribution in [0.3, 0.4) is 0 Å². The Balaban J connectivity index is 0. The SMILES string of the molecule is CCCCCCCCS(=O)(=O)O.O=C(O)CCC(=O)O. The monoisotopic (exact) mass is 312 g/mol. The Bertz CT molecular complexity index is 348. The molecule has 0 aromatic rings. The summed E-state index contributed by atoms with van der Waals surface area (Å²) in [6.07, 6.45) is 5.54. The van der Waals surface area contributed by atoms with Crippen molar-refractivity contribution in [3.63, 3.8) is 0 Å². The average molecular weight is 312 g/mol. The van der Waals surface area contributed by atoms with Gasteiger partial charge in [0.15, 0.2) is 0 Å². The number of unbranched alkanes of at least 4 members (excludes halogenated alkanes) is 5. The van der Waals surface area contributed by atoms with E-state index in [0.29, 0.717) is 6.42 Å². The van der Waals surface area contributed by atoms with Crippen molar-refractivity contribution in [3.8, 4) is 0 Å². The van der Waals surface area contributed by atoms with Crippen LogP contribution in [-0.4, -0.2) is 40.9 Å². The minimum absolute atomic E-state index is 0.0842. The van der Waals surface area contributed by atoms with Crippen LogP contribution in [0.2, 0.25) is 0 Å². The summed E-state index contributed by atoms with van der Waals surface area (Å²) in [4.78, 5) is 19.3. The molecular weight excluding hydrogens is 288 g/mol. The van der Waals surface area contributed by atoms with Crippen LogP contribution in [-0.2, 0) is 19.7 Å². The predicted octanol–water partition coefficient (Wildman–Crippen LogP) is 2.17. The van der Waals surface area contributed by atoms with Crippen LogP contribution >= 0.6 is 0 Å². The lowest BCUT2D eigenvalue weighted by Gasteiger charge is -1.98. The highest BCUT2D eigenvalue weighted by atomic mass is 32.2. The van der Waals surface area contributed by atoms with Gasteiger partial charge in [0.2, 0.25) is 0 Å². The van der Waals surface area contributed by atoms with Crippen molar-refractivity contribution in [2.24, 2.45) is 0 Å². The first-order valence-electron chi connectivity index (χ1n) is 6.57. The van der Waals surface area contributed by atoms with Crippen LogP contribution in [0.15, 0.2) is 0 Å². The Morgan fingerprint density at radius 3 is 1.60 bits per heavy atom. The van der Waals surface area contributed by atoms with Crippen LogP contribution in [0, 0.1) is 0 Å². The summed E-state index contributed by atoms with van der Waals surface area (Å²) < 4.78 is 28.9. The number of hydrogen-bond acceptors (Lipinski definition) is 4. The zero-order chi connectivity index (χ0) is 16.0. The van der Waals surface area contributed by atoms with Crippen molar-refractivity contribution in [1.29, 1.82) is 0 Å². The minimum atomic E-state index is -3.72. The normalized spacial score (nSPS) is 10.5. The van der Waals surface area contributed by atoms with Gasteiger partial charge in [0, 0.05) is 0 Å². The van der Waals surface area contributed by atoms with Gasteiger partial charge in [0.1, 0.15) is 0 Å². The maximum atomic E-state index is 10.3. The number of carboxylic acid groups (broad SMARTS) is 2. The molecule has 0 unspecified atom stereocenters. The first kappa shape index (κ1) is 21.2. The molecule has 0 amide bonds. The molecule has 0 aliphatic carbocycles. The van der Waals surface area contributed by atoms with Gasteiger partial charge in [0.05, 0.1) is 18.6 Å². The average Bonchev–Trinajstić information content (AvgIpc) is 2.30. The highest BCUT2D eigenvalue weighted by Gasteiger charge is 2.02. The predicted molar refractivity (Wildman–Crippen MR) is 74.3 cm³/mol. The van der Waals surface area contributed by atoms with Gasteiger partial charge in [-0.1, -0.05) is 39.0 Å². The van der Waals surface area contributed by atoms with E-state index in [2.05, 4.69) is 6.92 Å². The second-order valence-corrected chi connectivity index (χ2v) is 5.91. The molecular formula is C12H24O7S. The quantitative estimate of drug-likeness (QED) is 0.416. The smallest absolute Gasteiger partial charge is 0.303 e. The number of rotatable bonds is 10. The Morgan fingerprint density at radius 2 is 1.25 bits per heavy atom. The lowest BCUT2D eigenvalue weighted by molar-refractivity contribution is -0.143. The number of carbonyl (C=O) groups is 2. The second kappa shape index (κ2) is 12.9. The van der Waals surface area contributed by atoms with Gasteiger partial charge < -0.3 is 10.2 Å². The summed E-state index contributed by atoms with van der Waals surface area (Å²) in [5.41, 5.74) is 0. The molecule has 0 bridgehead atoms. The summed E-state index contributed by atoms with van der Waals surface area (Å²) in [6, 6.07) is 0. The minimum Gasteiger partial charge on any atom is -0.481 e. The standard InChI is InChI=1S/C8H18O3S.C4H6O4/c1-2-3-4-5-6-7-8-12(9,10)11;5-3(6)1-2-4(7)8/h2-8H2,1H3,(H,9,10,11);1-2H2,(H,5,6)(H,7,8). The molecule has 0 aliphatic heterocycles. The van der Waals surface area contributed by atoms with E-state index in [1.807, 2.05) is 0 Å². The molecule has 0 rings (SSSR count). The molecule has 0 saturated heterocycles. The fraction of sp³-hybridized carbons (Fsp3) is 0.833. The third-order valence-corrected chi connectivity index (χ3v) is 3.11. The van der Waals surface area contributed by atoms with Crippen molar-refractivity contribution in [2.45, 2.75) is 58.3 Å². The molecule has 20 heavy (non-hydrogen) atoms. The topological polar surface area (TPSA) is 129 Å². The van der Waals surface area contributed by atoms with Gasteiger partial charge in [0.25, 0.3) is 10.1 Å². The number of carboxylic acids is 2. The zero-order valence-corrected chi connectivity index (χ0v) is 12.6. The van der Waals surface area contributed by atoms with Gasteiger partial charge in [-0.15, -0.1) is 0 Å². The summed E-state index contributed by atoms with van der Waals surface area (Å²) in [7, 11) is -3.72. The molecule has 0 saturated carbocycles. The highest BCUT2D eigenvalue weighted by Crippen LogP contribution is 2.05. The third-order valence-electron chi connectivity index (χ3n) is 2.31. The Kier molecular flexibility index (Phi) is 13.6. The first-order chi connectivity index (χ1) is 9.19. The van der Waals surface area contributed by atoms with Crippen LogP contribution in [0.25, 0.3) is 0 Å². The van der Waals surface area contributed by atoms with E-state index in [1.54, 1.807) is 0 Å². The van der Waals surface area contributed by atoms with Crippen LogP contribution in [0.5, 0.6) is 0 Å². The number of aliphatic carboxylic acids is 2. The first-order valence-corrected chi connectivity index (χ1v) is 8.18. The lowest BCUT2D eigenvalue weighted by atomic mass is 10.1. The molecule has 7 nitrogen and oxygen atoms in total. The van der Waals surface area contributed by atoms with Crippen molar-refractivity contribution in [1.82, 2.24) is 0 Å². The fourth-order valence-corrected chi connectivity index (χ4v) is 1.85. The molecule has 0 atom stereocenters. The van der Waals surface area contributed by atoms with Crippen molar-refractivity contribution in [2.75, 3.05) is 5.75 Å². The van der Waals surface area contributed by atoms with Gasteiger partial charge in [-0.05, 0) is 6.42 Å². The van der Waals surface area contributed by atoms with Crippen LogP contribution in [0.4, 0.5) is 0 Å². The summed E-state index contributed by atoms with van der Waals surface area (Å²) in [6.45, 7) is 2.14. The van der Waals surface area contributed by atoms with Crippen molar-refractivity contribution >= 4 is 22.1 Å². The van der Waals surface area contributed by atoms with Gasteiger partial charge in [-0.3, -0.25) is 14.1 Å².